The molecule has 0 radical (unpaired) electrons. The van der Waals surface area contributed by atoms with Crippen LogP contribution in [0.5, 0.6) is 0 Å². The number of hydrogen-bond acceptors (Lipinski definition) is 6. The van der Waals surface area contributed by atoms with Crippen molar-refractivity contribution >= 4 is 11.9 Å². The highest BCUT2D eigenvalue weighted by atomic mass is 16.6. The van der Waals surface area contributed by atoms with Gasteiger partial charge in [0.15, 0.2) is 6.23 Å². The van der Waals surface area contributed by atoms with E-state index in [4.69, 9.17) is 10.2 Å². The van der Waals surface area contributed by atoms with E-state index >= 15 is 0 Å². The third-order valence-electron chi connectivity index (χ3n) is 1.54. The summed E-state index contributed by atoms with van der Waals surface area (Å²) in [6, 6.07) is 0. The van der Waals surface area contributed by atoms with Gasteiger partial charge >= 0.3 is 11.9 Å². The molecule has 0 bridgehead atoms. The van der Waals surface area contributed by atoms with E-state index in [0.29, 0.717) is 0 Å². The number of carbonyl (C=O) groups excluding carboxylic acids is 1. The number of aliphatic carboxylic acids is 1. The highest BCUT2D eigenvalue weighted by Crippen LogP contribution is 1.98. The largest absolute Gasteiger partial charge is 0.480 e. The molecular weight excluding hydrogens is 206 g/mol. The molecule has 7 nitrogen and oxygen atoms in total. The fourth-order valence-corrected chi connectivity index (χ4v) is 0.765. The molecule has 15 heavy (non-hydrogen) atoms. The quantitative estimate of drug-likeness (QED) is 0.299. The summed E-state index contributed by atoms with van der Waals surface area (Å²) < 4.78 is 4.68. The lowest BCUT2D eigenvalue weighted by Gasteiger charge is -2.21. The number of carboxylic acids is 1. The van der Waals surface area contributed by atoms with Crippen molar-refractivity contribution in [3.63, 3.8) is 0 Å². The maximum atomic E-state index is 10.9. The molecule has 0 aliphatic carbocycles. The van der Waals surface area contributed by atoms with Crippen LogP contribution in [0.2, 0.25) is 0 Å². The molecule has 2 unspecified atom stereocenters. The number of aliphatic hydroxyl groups excluding tert-OH is 2. The van der Waals surface area contributed by atoms with Gasteiger partial charge in [0.1, 0.15) is 6.10 Å². The summed E-state index contributed by atoms with van der Waals surface area (Å²) in [7, 11) is 0. The molecular formula is C8H15NO6. The van der Waals surface area contributed by atoms with Gasteiger partial charge in [0.05, 0.1) is 13.2 Å². The normalized spacial score (nSPS) is 14.3. The Kier molecular flexibility index (Phi) is 6.59. The lowest BCUT2D eigenvalue weighted by atomic mass is 10.3. The molecule has 0 aromatic heterocycles. The van der Waals surface area contributed by atoms with Gasteiger partial charge in [0, 0.05) is 6.42 Å². The molecule has 0 heterocycles. The second-order valence-electron chi connectivity index (χ2n) is 2.79. The third-order valence-corrected chi connectivity index (χ3v) is 1.54. The number of esters is 1. The van der Waals surface area contributed by atoms with Crippen LogP contribution in [0.25, 0.3) is 0 Å². The van der Waals surface area contributed by atoms with E-state index in [2.05, 4.69) is 10.1 Å². The first kappa shape index (κ1) is 13.8. The van der Waals surface area contributed by atoms with Crippen molar-refractivity contribution in [1.82, 2.24) is 5.32 Å². The molecule has 4 N–H and O–H groups in total. The molecule has 0 spiro atoms. The summed E-state index contributed by atoms with van der Waals surface area (Å²) >= 11 is 0. The average molecular weight is 221 g/mol. The Bertz CT molecular complexity index is 219. The first-order chi connectivity index (χ1) is 7.01. The average Bonchev–Trinajstić information content (AvgIpc) is 2.22. The van der Waals surface area contributed by atoms with Crippen LogP contribution in [-0.2, 0) is 14.3 Å². The number of hydrogen-bond donors (Lipinski definition) is 4. The molecule has 0 saturated heterocycles. The number of carboxylic acid groups (broad SMARTS) is 1. The summed E-state index contributed by atoms with van der Waals surface area (Å²) in [5, 5.41) is 28.5. The van der Waals surface area contributed by atoms with E-state index in [-0.39, 0.29) is 6.42 Å². The minimum absolute atomic E-state index is 0.101. The standard InChI is InChI=1S/C8H15NO6/c1-2-7(14)15-8(5(11)4-10)9-3-6(12)13/h5,8-11H,2-4H2,1H3,(H,12,13). The van der Waals surface area contributed by atoms with Crippen molar-refractivity contribution in [2.24, 2.45) is 0 Å². The van der Waals surface area contributed by atoms with Crippen molar-refractivity contribution in [2.45, 2.75) is 25.7 Å². The maximum absolute atomic E-state index is 10.9. The number of aliphatic hydroxyl groups is 2. The lowest BCUT2D eigenvalue weighted by Crippen LogP contribution is -2.46. The molecule has 0 amide bonds. The van der Waals surface area contributed by atoms with Gasteiger partial charge in [-0.3, -0.25) is 14.9 Å². The predicted molar refractivity (Wildman–Crippen MR) is 48.9 cm³/mol. The summed E-state index contributed by atoms with van der Waals surface area (Å²) in [5.41, 5.74) is 0. The summed E-state index contributed by atoms with van der Waals surface area (Å²) in [6.07, 6.45) is -2.46. The first-order valence-electron chi connectivity index (χ1n) is 4.44. The van der Waals surface area contributed by atoms with Crippen LogP contribution < -0.4 is 5.32 Å². The second kappa shape index (κ2) is 7.16. The molecule has 0 aromatic rings. The van der Waals surface area contributed by atoms with E-state index in [1.54, 1.807) is 6.92 Å². The zero-order chi connectivity index (χ0) is 11.8. The molecule has 0 rings (SSSR count). The van der Waals surface area contributed by atoms with E-state index in [9.17, 15) is 14.7 Å². The Hall–Kier alpha value is -1.18. The van der Waals surface area contributed by atoms with E-state index in [1.165, 1.54) is 0 Å². The molecule has 7 heteroatoms. The topological polar surface area (TPSA) is 116 Å². The molecule has 0 aliphatic heterocycles. The molecule has 2 atom stereocenters. The number of ether oxygens (including phenoxy) is 1. The Morgan fingerprint density at radius 2 is 2.07 bits per heavy atom. The van der Waals surface area contributed by atoms with Gasteiger partial charge < -0.3 is 20.1 Å². The minimum atomic E-state index is -1.35. The van der Waals surface area contributed by atoms with Crippen molar-refractivity contribution in [3.05, 3.63) is 0 Å². The van der Waals surface area contributed by atoms with E-state index in [1.807, 2.05) is 0 Å². The van der Waals surface area contributed by atoms with Crippen molar-refractivity contribution < 1.29 is 29.6 Å². The third kappa shape index (κ3) is 6.00. The summed E-state index contributed by atoms with van der Waals surface area (Å²) in [4.78, 5) is 21.1. The molecule has 88 valence electrons. The zero-order valence-corrected chi connectivity index (χ0v) is 8.34. The Morgan fingerprint density at radius 3 is 2.47 bits per heavy atom. The van der Waals surface area contributed by atoms with Gasteiger partial charge in [-0.25, -0.2) is 0 Å². The van der Waals surface area contributed by atoms with E-state index in [0.717, 1.165) is 0 Å². The number of rotatable bonds is 7. The summed E-state index contributed by atoms with van der Waals surface area (Å²) in [6.45, 7) is 0.453. The SMILES string of the molecule is CCC(=O)OC(NCC(=O)O)C(O)CO. The monoisotopic (exact) mass is 221 g/mol. The van der Waals surface area contributed by atoms with Crippen LogP contribution in [0.15, 0.2) is 0 Å². The van der Waals surface area contributed by atoms with Crippen LogP contribution in [0, 0.1) is 0 Å². The summed E-state index contributed by atoms with van der Waals surface area (Å²) in [5.74, 6) is -1.75. The van der Waals surface area contributed by atoms with Crippen molar-refractivity contribution in [3.8, 4) is 0 Å². The maximum Gasteiger partial charge on any atom is 0.317 e. The van der Waals surface area contributed by atoms with Gasteiger partial charge in [0.2, 0.25) is 0 Å². The first-order valence-corrected chi connectivity index (χ1v) is 4.44. The Labute approximate surface area is 86.7 Å². The smallest absolute Gasteiger partial charge is 0.317 e. The molecule has 0 saturated carbocycles. The van der Waals surface area contributed by atoms with Crippen molar-refractivity contribution in [2.75, 3.05) is 13.2 Å². The van der Waals surface area contributed by atoms with Crippen LogP contribution >= 0.6 is 0 Å². The van der Waals surface area contributed by atoms with Gasteiger partial charge in [-0.05, 0) is 0 Å². The minimum Gasteiger partial charge on any atom is -0.480 e. The van der Waals surface area contributed by atoms with E-state index < -0.39 is 37.4 Å². The second-order valence-corrected chi connectivity index (χ2v) is 2.79. The molecule has 0 aliphatic rings. The lowest BCUT2D eigenvalue weighted by molar-refractivity contribution is -0.160. The molecule has 0 fully saturated rings. The highest BCUT2D eigenvalue weighted by Gasteiger charge is 2.22. The van der Waals surface area contributed by atoms with Gasteiger partial charge in [-0.2, -0.15) is 0 Å². The predicted octanol–water partition coefficient (Wildman–Crippen LogP) is -1.71. The van der Waals surface area contributed by atoms with Crippen LogP contribution in [-0.4, -0.2) is 52.7 Å². The number of nitrogens with one attached hydrogen (secondary N) is 1. The number of carbonyl (C=O) groups is 2. The Morgan fingerprint density at radius 1 is 1.47 bits per heavy atom. The zero-order valence-electron chi connectivity index (χ0n) is 8.34. The van der Waals surface area contributed by atoms with Crippen LogP contribution in [0.1, 0.15) is 13.3 Å². The van der Waals surface area contributed by atoms with Gasteiger partial charge in [0.25, 0.3) is 0 Å². The van der Waals surface area contributed by atoms with Crippen molar-refractivity contribution in [1.29, 1.82) is 0 Å². The molecule has 0 aromatic carbocycles. The van der Waals surface area contributed by atoms with Crippen LogP contribution in [0.3, 0.4) is 0 Å². The van der Waals surface area contributed by atoms with Gasteiger partial charge in [-0.1, -0.05) is 6.92 Å². The highest BCUT2D eigenvalue weighted by molar-refractivity contribution is 5.70. The van der Waals surface area contributed by atoms with Crippen LogP contribution in [0.4, 0.5) is 0 Å². The fraction of sp³-hybridized carbons (Fsp3) is 0.750. The van der Waals surface area contributed by atoms with Gasteiger partial charge in [-0.15, -0.1) is 0 Å². The Balaban J connectivity index is 4.17. The fourth-order valence-electron chi connectivity index (χ4n) is 0.765.